The van der Waals surface area contributed by atoms with E-state index >= 15 is 0 Å². The molecule has 0 saturated carbocycles. The lowest BCUT2D eigenvalue weighted by atomic mass is 9.99. The normalized spacial score (nSPS) is 12.8. The monoisotopic (exact) mass is 470 g/mol. The van der Waals surface area contributed by atoms with E-state index in [1.807, 2.05) is 67.6 Å². The van der Waals surface area contributed by atoms with Gasteiger partial charge in [-0.05, 0) is 36.1 Å². The number of fused-ring (bicyclic) bond motifs is 1. The average molecular weight is 471 g/mol. The van der Waals surface area contributed by atoms with Crippen LogP contribution in [-0.4, -0.2) is 32.4 Å². The number of nitrogens with zero attached hydrogens (tertiary/aromatic N) is 2. The Morgan fingerprint density at radius 3 is 2.46 bits per heavy atom. The molecule has 2 aromatic heterocycles. The van der Waals surface area contributed by atoms with Gasteiger partial charge in [0, 0.05) is 23.9 Å². The molecule has 0 bridgehead atoms. The van der Waals surface area contributed by atoms with Gasteiger partial charge in [-0.2, -0.15) is 0 Å². The van der Waals surface area contributed by atoms with E-state index in [9.17, 15) is 14.7 Å². The average Bonchev–Trinajstić information content (AvgIpc) is 3.23. The topological polar surface area (TPSA) is 95.7 Å². The molecule has 4 aromatic rings. The smallest absolute Gasteiger partial charge is 0.326 e. The maximum Gasteiger partial charge on any atom is 0.326 e. The van der Waals surface area contributed by atoms with Crippen molar-refractivity contribution < 1.29 is 14.7 Å². The molecule has 3 N–H and O–H groups in total. The molecule has 2 atom stereocenters. The molecule has 0 aliphatic heterocycles. The molecule has 0 aliphatic carbocycles. The Kier molecular flexibility index (Phi) is 7.15. The summed E-state index contributed by atoms with van der Waals surface area (Å²) in [5.41, 5.74) is 4.98. The summed E-state index contributed by atoms with van der Waals surface area (Å²) in [6.45, 7) is 6.38. The van der Waals surface area contributed by atoms with Gasteiger partial charge < -0.3 is 15.7 Å². The van der Waals surface area contributed by atoms with Crippen LogP contribution in [0.3, 0.4) is 0 Å². The first-order valence-corrected chi connectivity index (χ1v) is 11.8. The number of nitrogens with one attached hydrogen (secondary N) is 2. The Hall–Kier alpha value is -4.13. The molecule has 2 heterocycles. The first kappa shape index (κ1) is 24.0. The molecule has 4 rings (SSSR count). The number of aromatic nitrogens is 2. The third kappa shape index (κ3) is 5.19. The molecule has 0 spiro atoms. The fraction of sp³-hybridized carbons (Fsp3) is 0.250. The van der Waals surface area contributed by atoms with Crippen molar-refractivity contribution in [2.24, 2.45) is 5.92 Å². The number of imidazole rings is 1. The van der Waals surface area contributed by atoms with Gasteiger partial charge in [0.15, 0.2) is 0 Å². The summed E-state index contributed by atoms with van der Waals surface area (Å²) in [6, 6.07) is 20.6. The first-order valence-electron chi connectivity index (χ1n) is 11.8. The molecule has 0 fully saturated rings. The Labute approximate surface area is 204 Å². The number of hydrogen-bond donors (Lipinski definition) is 3. The van der Waals surface area contributed by atoms with E-state index in [0.29, 0.717) is 24.2 Å². The highest BCUT2D eigenvalue weighted by atomic mass is 16.4. The molecule has 35 heavy (non-hydrogen) atoms. The van der Waals surface area contributed by atoms with Crippen LogP contribution in [0.2, 0.25) is 0 Å². The molecule has 7 heteroatoms. The number of anilines is 1. The third-order valence-electron chi connectivity index (χ3n) is 6.36. The van der Waals surface area contributed by atoms with Crippen LogP contribution in [0.15, 0.2) is 72.9 Å². The SMILES string of the molecule is CCC(C)C(NC(=O)c1ccn2c(NCc3ccccc3)c(-c3ccccc3C)nc2c1)C(=O)O. The number of carboxylic acid groups (broad SMARTS) is 1. The van der Waals surface area contributed by atoms with Gasteiger partial charge in [-0.1, -0.05) is 74.9 Å². The number of benzene rings is 2. The minimum Gasteiger partial charge on any atom is -0.480 e. The van der Waals surface area contributed by atoms with Gasteiger partial charge in [-0.15, -0.1) is 0 Å². The number of hydrogen-bond acceptors (Lipinski definition) is 4. The van der Waals surface area contributed by atoms with Crippen molar-refractivity contribution in [3.63, 3.8) is 0 Å². The number of aryl methyl sites for hydroxylation is 1. The molecular formula is C28H30N4O3. The van der Waals surface area contributed by atoms with E-state index < -0.39 is 17.9 Å². The van der Waals surface area contributed by atoms with Crippen molar-refractivity contribution in [1.29, 1.82) is 0 Å². The lowest BCUT2D eigenvalue weighted by Gasteiger charge is -2.20. The molecule has 1 amide bonds. The lowest BCUT2D eigenvalue weighted by molar-refractivity contribution is -0.140. The summed E-state index contributed by atoms with van der Waals surface area (Å²) >= 11 is 0. The molecule has 180 valence electrons. The summed E-state index contributed by atoms with van der Waals surface area (Å²) in [7, 11) is 0. The van der Waals surface area contributed by atoms with Gasteiger partial charge in [0.05, 0.1) is 0 Å². The Morgan fingerprint density at radius 2 is 1.77 bits per heavy atom. The number of amides is 1. The summed E-state index contributed by atoms with van der Waals surface area (Å²) in [5.74, 6) is -0.829. The van der Waals surface area contributed by atoms with Crippen LogP contribution >= 0.6 is 0 Å². The second-order valence-corrected chi connectivity index (χ2v) is 8.78. The van der Waals surface area contributed by atoms with Gasteiger partial charge in [0.25, 0.3) is 5.91 Å². The number of rotatable bonds is 9. The highest BCUT2D eigenvalue weighted by Gasteiger charge is 2.26. The summed E-state index contributed by atoms with van der Waals surface area (Å²) in [4.78, 5) is 29.5. The third-order valence-corrected chi connectivity index (χ3v) is 6.36. The van der Waals surface area contributed by atoms with Crippen molar-refractivity contribution in [2.45, 2.75) is 39.8 Å². The van der Waals surface area contributed by atoms with Crippen molar-refractivity contribution in [3.05, 3.63) is 89.6 Å². The predicted molar refractivity (Wildman–Crippen MR) is 137 cm³/mol. The van der Waals surface area contributed by atoms with Gasteiger partial charge in [-0.3, -0.25) is 9.20 Å². The van der Waals surface area contributed by atoms with Crippen LogP contribution in [0.4, 0.5) is 5.82 Å². The molecule has 0 aliphatic rings. The van der Waals surface area contributed by atoms with E-state index in [-0.39, 0.29) is 5.92 Å². The lowest BCUT2D eigenvalue weighted by Crippen LogP contribution is -2.45. The predicted octanol–water partition coefficient (Wildman–Crippen LogP) is 5.15. The standard InChI is InChI=1S/C28H30N4O3/c1-4-18(2)24(28(34)35)31-27(33)21-14-15-32-23(16-21)30-25(22-13-9-8-10-19(22)3)26(32)29-17-20-11-6-5-7-12-20/h5-16,18,24,29H,4,17H2,1-3H3,(H,31,33)(H,34,35). The highest BCUT2D eigenvalue weighted by Crippen LogP contribution is 2.31. The van der Waals surface area contributed by atoms with Crippen molar-refractivity contribution in [3.8, 4) is 11.3 Å². The van der Waals surface area contributed by atoms with Crippen molar-refractivity contribution >= 4 is 23.3 Å². The zero-order chi connectivity index (χ0) is 24.9. The number of carboxylic acids is 1. The first-order chi connectivity index (χ1) is 16.9. The van der Waals surface area contributed by atoms with Crippen LogP contribution in [0.25, 0.3) is 16.9 Å². The number of carbonyl (C=O) groups excluding carboxylic acids is 1. The van der Waals surface area contributed by atoms with Crippen LogP contribution in [0, 0.1) is 12.8 Å². The van der Waals surface area contributed by atoms with E-state index in [1.54, 1.807) is 18.3 Å². The van der Waals surface area contributed by atoms with E-state index in [0.717, 1.165) is 28.2 Å². The van der Waals surface area contributed by atoms with E-state index in [4.69, 9.17) is 4.98 Å². The second kappa shape index (κ2) is 10.4. The molecule has 7 nitrogen and oxygen atoms in total. The fourth-order valence-electron chi connectivity index (χ4n) is 4.07. The highest BCUT2D eigenvalue weighted by molar-refractivity contribution is 5.97. The number of aliphatic carboxylic acids is 1. The largest absolute Gasteiger partial charge is 0.480 e. The molecular weight excluding hydrogens is 440 g/mol. The quantitative estimate of drug-likeness (QED) is 0.314. The maximum atomic E-state index is 12.9. The van der Waals surface area contributed by atoms with Crippen LogP contribution in [-0.2, 0) is 11.3 Å². The van der Waals surface area contributed by atoms with Crippen molar-refractivity contribution in [2.75, 3.05) is 5.32 Å². The van der Waals surface area contributed by atoms with Gasteiger partial charge in [0.2, 0.25) is 0 Å². The fourth-order valence-corrected chi connectivity index (χ4v) is 4.07. The van der Waals surface area contributed by atoms with Crippen molar-refractivity contribution in [1.82, 2.24) is 14.7 Å². The second-order valence-electron chi connectivity index (χ2n) is 8.78. The van der Waals surface area contributed by atoms with Crippen LogP contribution < -0.4 is 10.6 Å². The summed E-state index contributed by atoms with van der Waals surface area (Å²) < 4.78 is 1.92. The molecule has 2 unspecified atom stereocenters. The molecule has 2 aromatic carbocycles. The van der Waals surface area contributed by atoms with E-state index in [1.165, 1.54) is 0 Å². The zero-order valence-corrected chi connectivity index (χ0v) is 20.2. The Bertz CT molecular complexity index is 1350. The minimum atomic E-state index is -1.04. The van der Waals surface area contributed by atoms with E-state index in [2.05, 4.69) is 22.8 Å². The van der Waals surface area contributed by atoms with Gasteiger partial charge >= 0.3 is 5.97 Å². The van der Waals surface area contributed by atoms with Gasteiger partial charge in [-0.25, -0.2) is 9.78 Å². The maximum absolute atomic E-state index is 12.9. The minimum absolute atomic E-state index is 0.187. The van der Waals surface area contributed by atoms with Crippen LogP contribution in [0.1, 0.15) is 41.8 Å². The summed E-state index contributed by atoms with van der Waals surface area (Å²) in [5, 5.41) is 15.7. The van der Waals surface area contributed by atoms with Crippen LogP contribution in [0.5, 0.6) is 0 Å². The number of pyridine rings is 1. The molecule has 0 saturated heterocycles. The number of carbonyl (C=O) groups is 2. The Balaban J connectivity index is 1.72. The van der Waals surface area contributed by atoms with Gasteiger partial charge in [0.1, 0.15) is 23.2 Å². The summed E-state index contributed by atoms with van der Waals surface area (Å²) in [6.07, 6.45) is 2.44. The zero-order valence-electron chi connectivity index (χ0n) is 20.2. The Morgan fingerprint density at radius 1 is 1.06 bits per heavy atom. The molecule has 0 radical (unpaired) electrons.